The SMILES string of the molecule is COc1cc(C(=O)N2CCC[C@@H](N)C2)cc2nc(-c3cc4ccc([C@@H](C)NC(=O)OC5CCCC5)nc4n3CC3CC3)c(C)n12. The molecule has 5 heterocycles. The van der Waals surface area contributed by atoms with Crippen molar-refractivity contribution in [3.8, 4) is 17.3 Å². The van der Waals surface area contributed by atoms with Gasteiger partial charge in [0.05, 0.1) is 30.2 Å². The number of nitrogens with one attached hydrogen (secondary N) is 1. The number of ether oxygens (including phenoxy) is 2. The molecule has 4 aromatic heterocycles. The molecular weight excluding hydrogens is 570 g/mol. The standard InChI is InChI=1S/C34H43N7O4/c1-20(36-34(43)45-26-8-4-5-9-26)27-13-12-23-15-28(40(32(23)37-27)18-22-10-11-22)31-21(2)41-29(38-31)16-24(17-30(41)44-3)33(42)39-14-6-7-25(35)19-39/h12-13,15-17,20,22,25-26H,4-11,14,18-19,35H2,1-3H3,(H,36,43)/t20-,25-/m1/s1. The van der Waals surface area contributed by atoms with Crippen molar-refractivity contribution >= 4 is 28.7 Å². The maximum Gasteiger partial charge on any atom is 0.407 e. The number of hydrogen-bond donors (Lipinski definition) is 2. The van der Waals surface area contributed by atoms with E-state index in [0.717, 1.165) is 78.9 Å². The Hall–Kier alpha value is -4.12. The van der Waals surface area contributed by atoms with E-state index >= 15 is 0 Å². The van der Waals surface area contributed by atoms with Gasteiger partial charge in [-0.1, -0.05) is 0 Å². The molecule has 7 rings (SSSR count). The molecular formula is C34H43N7O4. The lowest BCUT2D eigenvalue weighted by molar-refractivity contribution is 0.0708. The molecule has 3 N–H and O–H groups in total. The van der Waals surface area contributed by atoms with Gasteiger partial charge in [0.2, 0.25) is 0 Å². The number of carbonyl (C=O) groups is 2. The Morgan fingerprint density at radius 1 is 1.07 bits per heavy atom. The molecule has 2 saturated carbocycles. The highest BCUT2D eigenvalue weighted by Gasteiger charge is 2.29. The van der Waals surface area contributed by atoms with Crippen molar-refractivity contribution in [1.29, 1.82) is 0 Å². The fraction of sp³-hybridized carbons (Fsp3) is 0.529. The van der Waals surface area contributed by atoms with Crippen molar-refractivity contribution in [3.63, 3.8) is 0 Å². The number of imidazole rings is 1. The van der Waals surface area contributed by atoms with Gasteiger partial charge in [-0.05, 0) is 95.4 Å². The number of fused-ring (bicyclic) bond motifs is 2. The Morgan fingerprint density at radius 2 is 1.87 bits per heavy atom. The summed E-state index contributed by atoms with van der Waals surface area (Å²) in [6.07, 6.45) is 7.92. The number of likely N-dealkylation sites (tertiary alicyclic amines) is 1. The first kappa shape index (κ1) is 29.6. The number of alkyl carbamates (subject to hydrolysis) is 1. The fourth-order valence-electron chi connectivity index (χ4n) is 6.93. The first-order valence-electron chi connectivity index (χ1n) is 16.4. The van der Waals surface area contributed by atoms with Gasteiger partial charge in [0.25, 0.3) is 5.91 Å². The van der Waals surface area contributed by atoms with Crippen LogP contribution in [-0.4, -0.2) is 68.2 Å². The minimum Gasteiger partial charge on any atom is -0.482 e. The zero-order valence-corrected chi connectivity index (χ0v) is 26.4. The average molecular weight is 614 g/mol. The molecule has 3 aliphatic rings. The summed E-state index contributed by atoms with van der Waals surface area (Å²) in [7, 11) is 1.62. The van der Waals surface area contributed by atoms with E-state index < -0.39 is 0 Å². The van der Waals surface area contributed by atoms with Crippen LogP contribution in [0.15, 0.2) is 30.3 Å². The Kier molecular flexibility index (Phi) is 7.89. The van der Waals surface area contributed by atoms with Gasteiger partial charge in [-0.25, -0.2) is 14.8 Å². The molecule has 2 amide bonds. The largest absolute Gasteiger partial charge is 0.482 e. The van der Waals surface area contributed by atoms with Crippen LogP contribution < -0.4 is 15.8 Å². The number of methoxy groups -OCH3 is 1. The number of rotatable bonds is 8. The lowest BCUT2D eigenvalue weighted by Crippen LogP contribution is -2.45. The van der Waals surface area contributed by atoms with Crippen LogP contribution in [0.5, 0.6) is 5.88 Å². The van der Waals surface area contributed by atoms with Gasteiger partial charge >= 0.3 is 6.09 Å². The van der Waals surface area contributed by atoms with Crippen LogP contribution >= 0.6 is 0 Å². The Morgan fingerprint density at radius 3 is 2.60 bits per heavy atom. The van der Waals surface area contributed by atoms with Gasteiger partial charge in [-0.3, -0.25) is 9.20 Å². The third kappa shape index (κ3) is 5.85. The van der Waals surface area contributed by atoms with Crippen LogP contribution in [0.3, 0.4) is 0 Å². The van der Waals surface area contributed by atoms with Crippen LogP contribution in [0, 0.1) is 12.8 Å². The lowest BCUT2D eigenvalue weighted by atomic mass is 10.1. The fourth-order valence-corrected chi connectivity index (χ4v) is 6.93. The van der Waals surface area contributed by atoms with Crippen LogP contribution in [0.1, 0.15) is 86.1 Å². The molecule has 2 aliphatic carbocycles. The molecule has 238 valence electrons. The smallest absolute Gasteiger partial charge is 0.407 e. The maximum atomic E-state index is 13.5. The number of nitrogens with zero attached hydrogens (tertiary/aromatic N) is 5. The van der Waals surface area contributed by atoms with Crippen molar-refractivity contribution in [2.24, 2.45) is 11.7 Å². The summed E-state index contributed by atoms with van der Waals surface area (Å²) in [5, 5.41) is 3.99. The zero-order chi connectivity index (χ0) is 31.2. The lowest BCUT2D eigenvalue weighted by Gasteiger charge is -2.30. The zero-order valence-electron chi connectivity index (χ0n) is 26.4. The number of hydrogen-bond acceptors (Lipinski definition) is 7. The number of carbonyl (C=O) groups excluding carboxylic acids is 2. The van der Waals surface area contributed by atoms with Crippen molar-refractivity contribution in [1.82, 2.24) is 29.2 Å². The van der Waals surface area contributed by atoms with Crippen molar-refractivity contribution in [2.75, 3.05) is 20.2 Å². The summed E-state index contributed by atoms with van der Waals surface area (Å²) in [6, 6.07) is 9.53. The third-order valence-electron chi connectivity index (χ3n) is 9.62. The van der Waals surface area contributed by atoms with Crippen molar-refractivity contribution in [3.05, 3.63) is 47.3 Å². The quantitative estimate of drug-likeness (QED) is 0.273. The van der Waals surface area contributed by atoms with Crippen LogP contribution in [-0.2, 0) is 11.3 Å². The highest BCUT2D eigenvalue weighted by molar-refractivity contribution is 5.96. The summed E-state index contributed by atoms with van der Waals surface area (Å²) in [5.74, 6) is 1.10. The monoisotopic (exact) mass is 613 g/mol. The minimum atomic E-state index is -0.388. The second-order valence-corrected chi connectivity index (χ2v) is 13.1. The summed E-state index contributed by atoms with van der Waals surface area (Å²) in [4.78, 5) is 38.1. The van der Waals surface area contributed by atoms with Gasteiger partial charge < -0.3 is 30.0 Å². The molecule has 1 saturated heterocycles. The number of aryl methyl sites for hydroxylation is 1. The summed E-state index contributed by atoms with van der Waals surface area (Å²) in [6.45, 7) is 6.06. The van der Waals surface area contributed by atoms with E-state index in [1.165, 1.54) is 12.8 Å². The summed E-state index contributed by atoms with van der Waals surface area (Å²) in [5.41, 5.74) is 11.7. The van der Waals surface area contributed by atoms with Gasteiger partial charge in [-0.2, -0.15) is 0 Å². The molecule has 2 atom stereocenters. The normalized spacial score (nSPS) is 19.7. The van der Waals surface area contributed by atoms with Crippen LogP contribution in [0.4, 0.5) is 4.79 Å². The Labute approximate surface area is 263 Å². The first-order valence-corrected chi connectivity index (χ1v) is 16.4. The number of aromatic nitrogens is 4. The maximum absolute atomic E-state index is 13.5. The average Bonchev–Trinajstić information content (AvgIpc) is 3.41. The Balaban J connectivity index is 1.24. The summed E-state index contributed by atoms with van der Waals surface area (Å²) >= 11 is 0. The summed E-state index contributed by atoms with van der Waals surface area (Å²) < 4.78 is 15.7. The molecule has 0 spiro atoms. The van der Waals surface area contributed by atoms with E-state index in [4.69, 9.17) is 25.2 Å². The molecule has 45 heavy (non-hydrogen) atoms. The number of pyridine rings is 2. The van der Waals surface area contributed by atoms with Gasteiger partial charge in [-0.15, -0.1) is 0 Å². The van der Waals surface area contributed by atoms with Crippen molar-refractivity contribution < 1.29 is 19.1 Å². The van der Waals surface area contributed by atoms with E-state index in [1.54, 1.807) is 13.2 Å². The highest BCUT2D eigenvalue weighted by Crippen LogP contribution is 2.37. The second-order valence-electron chi connectivity index (χ2n) is 13.1. The van der Waals surface area contributed by atoms with Crippen LogP contribution in [0.25, 0.3) is 28.1 Å². The molecule has 11 heteroatoms. The molecule has 4 aromatic rings. The van der Waals surface area contributed by atoms with E-state index in [2.05, 4.69) is 22.0 Å². The molecule has 3 fully saturated rings. The topological polar surface area (TPSA) is 129 Å². The van der Waals surface area contributed by atoms with Gasteiger partial charge in [0.15, 0.2) is 5.88 Å². The minimum absolute atomic E-state index is 0.000578. The molecule has 0 unspecified atom stereocenters. The predicted octanol–water partition coefficient (Wildman–Crippen LogP) is 5.37. The van der Waals surface area contributed by atoms with E-state index in [0.29, 0.717) is 36.1 Å². The molecule has 0 aromatic carbocycles. The number of amides is 2. The van der Waals surface area contributed by atoms with E-state index in [9.17, 15) is 9.59 Å². The number of piperidine rings is 1. The second kappa shape index (κ2) is 12.0. The number of nitrogens with two attached hydrogens (primary N) is 1. The van der Waals surface area contributed by atoms with Gasteiger partial charge in [0, 0.05) is 42.7 Å². The predicted molar refractivity (Wildman–Crippen MR) is 171 cm³/mol. The molecule has 0 radical (unpaired) electrons. The first-order chi connectivity index (χ1) is 21.8. The van der Waals surface area contributed by atoms with Crippen molar-refractivity contribution in [2.45, 2.75) is 89.9 Å². The van der Waals surface area contributed by atoms with E-state index in [-0.39, 0.29) is 30.2 Å². The van der Waals surface area contributed by atoms with Gasteiger partial charge in [0.1, 0.15) is 23.1 Å². The van der Waals surface area contributed by atoms with E-state index in [1.807, 2.05) is 35.3 Å². The molecule has 0 bridgehead atoms. The third-order valence-corrected chi connectivity index (χ3v) is 9.62. The highest BCUT2D eigenvalue weighted by atomic mass is 16.6. The molecule has 1 aliphatic heterocycles. The Bertz CT molecular complexity index is 1750. The molecule has 11 nitrogen and oxygen atoms in total. The van der Waals surface area contributed by atoms with Crippen LogP contribution in [0.2, 0.25) is 0 Å².